The van der Waals surface area contributed by atoms with Crippen LogP contribution < -0.4 is 10.6 Å². The number of aliphatic carboxylic acids is 1. The SMILES string of the molecule is CCCCCCCCCCC/C=C\C/C=C\CCCCCCCCCCCCCCCCCCCC(=O)NC(COC1OC(CO)C(OC2OC(CO)C(O)C(OC3(C(=O)O)CC(O)C(NC(C)=O)C(C(O)C(O)CO)O3)C2O)C(O)C1O)C(O)/C=C/CCCCCCCCCCCCCCCCC. The van der Waals surface area contributed by atoms with Gasteiger partial charge in [-0.3, -0.25) is 9.59 Å². The average Bonchev–Trinajstić information content (AvgIpc) is 0.755. The number of aliphatic hydroxyl groups excluding tert-OH is 11. The first-order chi connectivity index (χ1) is 50.4. The second kappa shape index (κ2) is 59.8. The van der Waals surface area contributed by atoms with E-state index in [2.05, 4.69) is 48.8 Å². The summed E-state index contributed by atoms with van der Waals surface area (Å²) in [7, 11) is 0. The van der Waals surface area contributed by atoms with Gasteiger partial charge in [0, 0.05) is 19.8 Å². The van der Waals surface area contributed by atoms with Gasteiger partial charge in [0.1, 0.15) is 67.1 Å². The number of ether oxygens (including phenoxy) is 6. The van der Waals surface area contributed by atoms with E-state index >= 15 is 0 Å². The summed E-state index contributed by atoms with van der Waals surface area (Å²) in [6.45, 7) is 2.17. The molecule has 0 aromatic carbocycles. The summed E-state index contributed by atoms with van der Waals surface area (Å²) in [5.74, 6) is -6.14. The van der Waals surface area contributed by atoms with Gasteiger partial charge in [-0.1, -0.05) is 288 Å². The van der Waals surface area contributed by atoms with E-state index in [1.165, 1.54) is 225 Å². The van der Waals surface area contributed by atoms with Crippen molar-refractivity contribution >= 4 is 17.8 Å². The Bertz CT molecular complexity index is 2210. The molecule has 3 rings (SSSR count). The van der Waals surface area contributed by atoms with Crippen molar-refractivity contribution in [2.24, 2.45) is 0 Å². The number of carboxylic acids is 1. The Morgan fingerprint density at radius 1 is 0.510 bits per heavy atom. The maximum absolute atomic E-state index is 13.5. The summed E-state index contributed by atoms with van der Waals surface area (Å²) in [6, 6.07) is -2.62. The first kappa shape index (κ1) is 95.2. The second-order valence-electron chi connectivity index (χ2n) is 30.0. The molecular weight excluding hydrogens is 1340 g/mol. The van der Waals surface area contributed by atoms with Crippen LogP contribution in [0.25, 0.3) is 0 Å². The fourth-order valence-corrected chi connectivity index (χ4v) is 14.3. The van der Waals surface area contributed by atoms with Crippen molar-refractivity contribution < 1.29 is 104 Å². The van der Waals surface area contributed by atoms with E-state index in [-0.39, 0.29) is 12.3 Å². The lowest BCUT2D eigenvalue weighted by atomic mass is 9.88. The van der Waals surface area contributed by atoms with Gasteiger partial charge >= 0.3 is 5.97 Å². The van der Waals surface area contributed by atoms with Crippen molar-refractivity contribution in [3.63, 3.8) is 0 Å². The van der Waals surface area contributed by atoms with Crippen LogP contribution in [0.15, 0.2) is 36.5 Å². The summed E-state index contributed by atoms with van der Waals surface area (Å²) in [5, 5.41) is 136. The van der Waals surface area contributed by atoms with Crippen LogP contribution in [0.3, 0.4) is 0 Å². The fourth-order valence-electron chi connectivity index (χ4n) is 14.3. The van der Waals surface area contributed by atoms with Gasteiger partial charge in [0.25, 0.3) is 5.79 Å². The minimum absolute atomic E-state index is 0.202. The van der Waals surface area contributed by atoms with Crippen molar-refractivity contribution in [3.8, 4) is 0 Å². The number of allylic oxidation sites excluding steroid dienone is 5. The number of carbonyl (C=O) groups is 3. The summed E-state index contributed by atoms with van der Waals surface area (Å²) >= 11 is 0. The van der Waals surface area contributed by atoms with E-state index in [0.29, 0.717) is 12.8 Å². The lowest BCUT2D eigenvalue weighted by Crippen LogP contribution is -2.70. The van der Waals surface area contributed by atoms with Crippen LogP contribution in [0.2, 0.25) is 0 Å². The van der Waals surface area contributed by atoms with E-state index < -0.39 is 155 Å². The number of carbonyl (C=O) groups excluding carboxylic acids is 2. The van der Waals surface area contributed by atoms with E-state index in [1.54, 1.807) is 6.08 Å². The molecule has 23 nitrogen and oxygen atoms in total. The molecule has 0 aromatic rings. The van der Waals surface area contributed by atoms with E-state index in [4.69, 9.17) is 28.4 Å². The van der Waals surface area contributed by atoms with Crippen LogP contribution >= 0.6 is 0 Å². The third kappa shape index (κ3) is 39.5. The first-order valence-electron chi connectivity index (χ1n) is 41.4. The largest absolute Gasteiger partial charge is 0.477 e. The van der Waals surface area contributed by atoms with Crippen LogP contribution in [-0.4, -0.2) is 215 Å². The molecule has 14 N–H and O–H groups in total. The van der Waals surface area contributed by atoms with Crippen molar-refractivity contribution in [2.75, 3.05) is 26.4 Å². The van der Waals surface area contributed by atoms with Crippen molar-refractivity contribution in [2.45, 2.75) is 432 Å². The molecule has 0 radical (unpaired) electrons. The molecule has 0 bridgehead atoms. The van der Waals surface area contributed by atoms with Crippen LogP contribution in [0.1, 0.15) is 323 Å². The van der Waals surface area contributed by atoms with Gasteiger partial charge in [0.05, 0.1) is 50.7 Å². The summed E-state index contributed by atoms with van der Waals surface area (Å²) in [4.78, 5) is 38.7. The minimum Gasteiger partial charge on any atom is -0.477 e. The maximum Gasteiger partial charge on any atom is 0.364 e. The third-order valence-corrected chi connectivity index (χ3v) is 20.8. The van der Waals surface area contributed by atoms with E-state index in [9.17, 15) is 75.7 Å². The zero-order valence-corrected chi connectivity index (χ0v) is 64.4. The number of nitrogens with one attached hydrogen (secondary N) is 2. The van der Waals surface area contributed by atoms with Crippen molar-refractivity contribution in [3.05, 3.63) is 36.5 Å². The van der Waals surface area contributed by atoms with Crippen LogP contribution in [0.5, 0.6) is 0 Å². The highest BCUT2D eigenvalue weighted by Gasteiger charge is 2.60. The second-order valence-corrected chi connectivity index (χ2v) is 30.0. The highest BCUT2D eigenvalue weighted by molar-refractivity contribution is 5.77. The van der Waals surface area contributed by atoms with Crippen LogP contribution in [-0.2, 0) is 42.8 Å². The molecule has 3 heterocycles. The highest BCUT2D eigenvalue weighted by Crippen LogP contribution is 2.39. The number of hydrogen-bond donors (Lipinski definition) is 14. The van der Waals surface area contributed by atoms with Crippen LogP contribution in [0, 0.1) is 0 Å². The molecule has 2 amide bonds. The van der Waals surface area contributed by atoms with Gasteiger partial charge in [-0.2, -0.15) is 0 Å². The summed E-state index contributed by atoms with van der Waals surface area (Å²) in [5.41, 5.74) is 0. The number of carboxylic acid groups (broad SMARTS) is 1. The minimum atomic E-state index is -3.08. The topological polar surface area (TPSA) is 373 Å². The Kier molecular flexibility index (Phi) is 54.7. The van der Waals surface area contributed by atoms with E-state index in [1.807, 2.05) is 6.08 Å². The molecule has 18 unspecified atom stereocenters. The number of hydrogen-bond acceptors (Lipinski definition) is 20. The molecule has 18 atom stereocenters. The van der Waals surface area contributed by atoms with Crippen LogP contribution in [0.4, 0.5) is 0 Å². The van der Waals surface area contributed by atoms with Gasteiger partial charge in [0.2, 0.25) is 11.8 Å². The molecule has 23 heteroatoms. The first-order valence-corrected chi connectivity index (χ1v) is 41.4. The number of rotatable bonds is 65. The molecule has 0 aliphatic carbocycles. The summed E-state index contributed by atoms with van der Waals surface area (Å²) < 4.78 is 34.9. The Balaban J connectivity index is 1.47. The standard InChI is InChI=1S/C81H148N2O21/c1-4-6-8-10-12-14-16-18-20-22-23-24-25-26-27-28-29-30-31-32-33-34-35-36-37-39-41-43-45-47-49-51-53-55-68(91)83-62(63(88)54-52-50-48-46-44-42-40-38-21-19-17-15-13-11-9-7-5-2)60-99-78-73(95)72(94)75(67(59-86)101-78)102-79-74(96)77(71(93)66(58-85)100-79)104-81(80(97)98)56-64(89)69(82-61(3)87)76(103-81)70(92)65(90)57-84/h23-24,26-27,52,54,62-67,69-79,84-86,88-90,92-96H,4-22,25,28-51,53,55-60H2,1-3H3,(H,82,87)(H,83,91)(H,97,98)/b24-23-,27-26-,54-52+. The van der Waals surface area contributed by atoms with Gasteiger partial charge in [-0.25, -0.2) is 4.79 Å². The molecule has 0 saturated carbocycles. The molecule has 0 spiro atoms. The Morgan fingerprint density at radius 2 is 0.933 bits per heavy atom. The number of unbranched alkanes of at least 4 members (excludes halogenated alkanes) is 41. The van der Waals surface area contributed by atoms with Crippen molar-refractivity contribution in [1.29, 1.82) is 0 Å². The fraction of sp³-hybridized carbons (Fsp3) is 0.889. The lowest BCUT2D eigenvalue weighted by molar-refractivity contribution is -0.386. The Morgan fingerprint density at radius 3 is 1.36 bits per heavy atom. The molecule has 0 aromatic heterocycles. The monoisotopic (exact) mass is 1490 g/mol. The predicted molar refractivity (Wildman–Crippen MR) is 403 cm³/mol. The van der Waals surface area contributed by atoms with Gasteiger partial charge < -0.3 is 100 Å². The molecule has 3 fully saturated rings. The molecule has 3 aliphatic heterocycles. The molecule has 104 heavy (non-hydrogen) atoms. The lowest BCUT2D eigenvalue weighted by Gasteiger charge is -2.50. The zero-order valence-electron chi connectivity index (χ0n) is 64.4. The average molecular weight is 1490 g/mol. The molecule has 608 valence electrons. The van der Waals surface area contributed by atoms with E-state index in [0.717, 1.165) is 58.3 Å². The van der Waals surface area contributed by atoms with Gasteiger partial charge in [-0.15, -0.1) is 0 Å². The number of amides is 2. The molecule has 3 aliphatic rings. The molecule has 3 saturated heterocycles. The maximum atomic E-state index is 13.5. The number of aliphatic hydroxyl groups is 11. The quantitative estimate of drug-likeness (QED) is 0.0199. The zero-order chi connectivity index (χ0) is 76.0. The summed E-state index contributed by atoms with van der Waals surface area (Å²) in [6.07, 6.45) is 39.1. The van der Waals surface area contributed by atoms with Gasteiger partial charge in [0.15, 0.2) is 12.6 Å². The normalized spacial score (nSPS) is 26.5. The van der Waals surface area contributed by atoms with Crippen molar-refractivity contribution in [1.82, 2.24) is 10.6 Å². The predicted octanol–water partition coefficient (Wildman–Crippen LogP) is 11.3. The Hall–Kier alpha value is -3.05. The van der Waals surface area contributed by atoms with Gasteiger partial charge in [-0.05, 0) is 51.4 Å². The third-order valence-electron chi connectivity index (χ3n) is 20.8. The smallest absolute Gasteiger partial charge is 0.364 e. The molecular formula is C81H148N2O21. The highest BCUT2D eigenvalue weighted by atomic mass is 16.8. The Labute approximate surface area is 625 Å².